The molecule has 0 aromatic rings. The van der Waals surface area contributed by atoms with E-state index < -0.39 is 155 Å². The first-order valence-electron chi connectivity index (χ1n) is 15.1. The molecule has 0 aliphatic carbocycles. The van der Waals surface area contributed by atoms with Crippen LogP contribution in [0.5, 0.6) is 0 Å². The van der Waals surface area contributed by atoms with Gasteiger partial charge in [-0.05, 0) is 0 Å². The Hall–Kier alpha value is -1.33. The largest absolute Gasteiger partial charge is 0.394 e. The van der Waals surface area contributed by atoms with E-state index in [0.717, 1.165) is 6.92 Å². The Morgan fingerprint density at radius 3 is 1.67 bits per heavy atom. The lowest BCUT2D eigenvalue weighted by molar-refractivity contribution is -0.348. The quantitative estimate of drug-likeness (QED) is 0.0895. The number of ether oxygens (including phenoxy) is 7. The molecule has 20 atom stereocenters. The summed E-state index contributed by atoms with van der Waals surface area (Å²) in [4.78, 5) is 12.0. The van der Waals surface area contributed by atoms with Crippen molar-refractivity contribution in [1.29, 1.82) is 0 Å². The molecule has 4 heterocycles. The minimum Gasteiger partial charge on any atom is -0.394 e. The van der Waals surface area contributed by atoms with E-state index in [4.69, 9.17) is 33.2 Å². The lowest BCUT2D eigenvalue weighted by atomic mass is 9.96. The molecule has 0 bridgehead atoms. The van der Waals surface area contributed by atoms with Gasteiger partial charge in [-0.1, -0.05) is 0 Å². The Kier molecular flexibility index (Phi) is 13.8. The van der Waals surface area contributed by atoms with Crippen molar-refractivity contribution in [3.8, 4) is 0 Å². The second kappa shape index (κ2) is 16.8. The highest BCUT2D eigenvalue weighted by molar-refractivity contribution is 5.73. The molecule has 1 amide bonds. The minimum absolute atomic E-state index is 0.734. The van der Waals surface area contributed by atoms with Gasteiger partial charge < -0.3 is 105 Å². The van der Waals surface area contributed by atoms with Gasteiger partial charge in [0.15, 0.2) is 25.2 Å². The van der Waals surface area contributed by atoms with Crippen LogP contribution >= 0.6 is 0 Å². The molecule has 280 valence electrons. The van der Waals surface area contributed by atoms with Crippen molar-refractivity contribution < 1.29 is 104 Å². The maximum Gasteiger partial charge on any atom is 0.217 e. The van der Waals surface area contributed by atoms with Gasteiger partial charge in [-0.3, -0.25) is 4.79 Å². The van der Waals surface area contributed by atoms with Gasteiger partial charge in [0.25, 0.3) is 0 Å². The van der Waals surface area contributed by atoms with Crippen molar-refractivity contribution in [2.75, 3.05) is 26.4 Å². The topological polar surface area (TPSA) is 357 Å². The van der Waals surface area contributed by atoms with Crippen molar-refractivity contribution in [2.24, 2.45) is 0 Å². The molecule has 22 nitrogen and oxygen atoms in total. The monoisotopic (exact) mass is 707 g/mol. The second-order valence-electron chi connectivity index (χ2n) is 11.9. The summed E-state index contributed by atoms with van der Waals surface area (Å²) in [5.41, 5.74) is 0. The highest BCUT2D eigenvalue weighted by atomic mass is 16.8. The zero-order valence-electron chi connectivity index (χ0n) is 25.5. The molecule has 48 heavy (non-hydrogen) atoms. The third-order valence-electron chi connectivity index (χ3n) is 8.59. The van der Waals surface area contributed by atoms with Crippen LogP contribution in [-0.2, 0) is 38.0 Å². The van der Waals surface area contributed by atoms with Crippen LogP contribution in [0, 0.1) is 0 Å². The summed E-state index contributed by atoms with van der Waals surface area (Å²) in [5, 5.41) is 136. The summed E-state index contributed by atoms with van der Waals surface area (Å²) in [6.07, 6.45) is -34.2. The zero-order valence-corrected chi connectivity index (χ0v) is 25.5. The fourth-order valence-corrected chi connectivity index (χ4v) is 5.92. The van der Waals surface area contributed by atoms with Crippen molar-refractivity contribution in [2.45, 2.75) is 130 Å². The Morgan fingerprint density at radius 2 is 1.10 bits per heavy atom. The van der Waals surface area contributed by atoms with Crippen LogP contribution in [0.3, 0.4) is 0 Å². The van der Waals surface area contributed by atoms with Crippen LogP contribution in [0.1, 0.15) is 6.92 Å². The molecule has 0 aromatic carbocycles. The number of carbonyl (C=O) groups is 1. The number of aliphatic hydroxyl groups excluding tert-OH is 13. The highest BCUT2D eigenvalue weighted by Gasteiger charge is 2.58. The third kappa shape index (κ3) is 8.08. The van der Waals surface area contributed by atoms with E-state index in [-0.39, 0.29) is 0 Å². The van der Waals surface area contributed by atoms with E-state index in [1.807, 2.05) is 0 Å². The summed E-state index contributed by atoms with van der Waals surface area (Å²) in [6, 6.07) is -1.57. The minimum atomic E-state index is -2.02. The average Bonchev–Trinajstić information content (AvgIpc) is 3.39. The molecule has 4 saturated heterocycles. The summed E-state index contributed by atoms with van der Waals surface area (Å²) < 4.78 is 39.5. The number of hydrogen-bond acceptors (Lipinski definition) is 21. The first kappa shape index (κ1) is 39.5. The number of amides is 1. The summed E-state index contributed by atoms with van der Waals surface area (Å²) >= 11 is 0. The lowest BCUT2D eigenvalue weighted by Crippen LogP contribution is -2.66. The fourth-order valence-electron chi connectivity index (χ4n) is 5.92. The van der Waals surface area contributed by atoms with Gasteiger partial charge in [0.05, 0.1) is 26.4 Å². The number of nitrogens with one attached hydrogen (secondary N) is 1. The molecule has 0 saturated carbocycles. The Balaban J connectivity index is 1.73. The van der Waals surface area contributed by atoms with Gasteiger partial charge in [0.1, 0.15) is 97.6 Å². The van der Waals surface area contributed by atoms with Crippen molar-refractivity contribution >= 4 is 5.91 Å². The Morgan fingerprint density at radius 1 is 0.604 bits per heavy atom. The van der Waals surface area contributed by atoms with Crippen LogP contribution in [0.4, 0.5) is 0 Å². The molecule has 22 heteroatoms. The van der Waals surface area contributed by atoms with Gasteiger partial charge in [-0.15, -0.1) is 0 Å². The van der Waals surface area contributed by atoms with Gasteiger partial charge in [0.2, 0.25) is 5.91 Å². The molecule has 4 rings (SSSR count). The Bertz CT molecular complexity index is 1030. The standard InChI is InChI=1S/C26H45NO21/c1-6(32)27-11-15(37)12(34)9(4-30)43-24(11)48-22-21(47-25-18(40)16(38)13(35)10(5-31)44-25)19(7(33)2-28)45-26(22)46-20-17(39)14(36)8(3-29)42-23(20)41/h7-26,28-31,33-41H,2-5H2,1H3,(H,27,32)/t7-,8-,9-,10-,11-,12-,13+,14+,15-,16+,17+,18-,19+,20-,21+,22-,23-,24-,25-,26-/m1/s1. The van der Waals surface area contributed by atoms with E-state index in [2.05, 4.69) is 5.32 Å². The maximum absolute atomic E-state index is 12.0. The van der Waals surface area contributed by atoms with Crippen LogP contribution in [0.25, 0.3) is 0 Å². The normalized spacial score (nSPS) is 49.1. The molecule has 0 radical (unpaired) electrons. The molecular weight excluding hydrogens is 662 g/mol. The van der Waals surface area contributed by atoms with E-state index in [1.54, 1.807) is 0 Å². The number of rotatable bonds is 12. The zero-order chi connectivity index (χ0) is 35.6. The van der Waals surface area contributed by atoms with Gasteiger partial charge >= 0.3 is 0 Å². The molecule has 4 aliphatic heterocycles. The maximum atomic E-state index is 12.0. The SMILES string of the molecule is CC(=O)N[C@H]1[C@@H](O[C@H]2[C@@H](O[C@@H]3[C@@H](O)[C@@H](O)[C@@H](CO)O[C@H]3O)O[C@@H]([C@H](O)CO)[C@@H]2O[C@H]2O[C@H](CO)[C@H](O)[C@H](O)[C@H]2O)O[C@H](CO)[C@@H](O)[C@@H]1O. The van der Waals surface area contributed by atoms with E-state index in [9.17, 15) is 71.2 Å². The van der Waals surface area contributed by atoms with E-state index in [1.165, 1.54) is 0 Å². The smallest absolute Gasteiger partial charge is 0.217 e. The van der Waals surface area contributed by atoms with Gasteiger partial charge in [-0.25, -0.2) is 0 Å². The number of carbonyl (C=O) groups excluding carboxylic acids is 1. The number of aliphatic hydroxyl groups is 13. The predicted octanol–water partition coefficient (Wildman–Crippen LogP) is -9.61. The molecule has 4 aliphatic rings. The highest BCUT2D eigenvalue weighted by Crippen LogP contribution is 2.37. The van der Waals surface area contributed by atoms with Crippen LogP contribution < -0.4 is 5.32 Å². The molecule has 0 spiro atoms. The summed E-state index contributed by atoms with van der Waals surface area (Å²) in [7, 11) is 0. The molecule has 0 unspecified atom stereocenters. The molecule has 0 aromatic heterocycles. The van der Waals surface area contributed by atoms with Crippen LogP contribution in [0.2, 0.25) is 0 Å². The first-order chi connectivity index (χ1) is 22.7. The van der Waals surface area contributed by atoms with E-state index in [0.29, 0.717) is 0 Å². The van der Waals surface area contributed by atoms with Crippen molar-refractivity contribution in [1.82, 2.24) is 5.32 Å². The fraction of sp³-hybridized carbons (Fsp3) is 0.962. The molecule has 14 N–H and O–H groups in total. The number of hydrogen-bond donors (Lipinski definition) is 14. The third-order valence-corrected chi connectivity index (χ3v) is 8.59. The molecular formula is C26H45NO21. The lowest BCUT2D eigenvalue weighted by Gasteiger charge is -2.45. The first-order valence-corrected chi connectivity index (χ1v) is 15.1. The summed E-state index contributed by atoms with van der Waals surface area (Å²) in [5.74, 6) is -0.734. The summed E-state index contributed by atoms with van der Waals surface area (Å²) in [6.45, 7) is -2.46. The van der Waals surface area contributed by atoms with Crippen LogP contribution in [-0.4, -0.2) is 221 Å². The predicted molar refractivity (Wildman–Crippen MR) is 145 cm³/mol. The van der Waals surface area contributed by atoms with Crippen molar-refractivity contribution in [3.05, 3.63) is 0 Å². The molecule has 4 fully saturated rings. The van der Waals surface area contributed by atoms with Gasteiger partial charge in [0, 0.05) is 6.92 Å². The van der Waals surface area contributed by atoms with Crippen LogP contribution in [0.15, 0.2) is 0 Å². The van der Waals surface area contributed by atoms with E-state index >= 15 is 0 Å². The van der Waals surface area contributed by atoms with Gasteiger partial charge in [-0.2, -0.15) is 0 Å². The van der Waals surface area contributed by atoms with Crippen molar-refractivity contribution in [3.63, 3.8) is 0 Å². The Labute approximate surface area is 272 Å². The average molecular weight is 708 g/mol. The second-order valence-corrected chi connectivity index (χ2v) is 11.9.